The van der Waals surface area contributed by atoms with E-state index in [4.69, 9.17) is 11.6 Å². The summed E-state index contributed by atoms with van der Waals surface area (Å²) in [5.41, 5.74) is -0.962. The number of imide groups is 1. The molecule has 1 aliphatic carbocycles. The van der Waals surface area contributed by atoms with Crippen molar-refractivity contribution in [2.45, 2.75) is 61.5 Å². The van der Waals surface area contributed by atoms with Gasteiger partial charge in [0.15, 0.2) is 0 Å². The van der Waals surface area contributed by atoms with Gasteiger partial charge in [0.2, 0.25) is 5.91 Å². The Hall–Kier alpha value is -1.48. The van der Waals surface area contributed by atoms with E-state index in [0.717, 1.165) is 49.9 Å². The Morgan fingerprint density at radius 1 is 1.31 bits per heavy atom. The van der Waals surface area contributed by atoms with Gasteiger partial charge in [-0.15, -0.1) is 0 Å². The number of hydrogen-bond donors (Lipinski definition) is 2. The quantitative estimate of drug-likeness (QED) is 0.723. The van der Waals surface area contributed by atoms with Crippen LogP contribution in [0, 0.1) is 0 Å². The molecule has 1 heterocycles. The first-order chi connectivity index (χ1) is 12.2. The maximum atomic E-state index is 12.6. The molecule has 2 N–H and O–H groups in total. The number of alkyl halides is 3. The zero-order chi connectivity index (χ0) is 19.3. The second-order valence-corrected chi connectivity index (χ2v) is 7.80. The summed E-state index contributed by atoms with van der Waals surface area (Å²) in [5.74, 6) is -0.568. The monoisotopic (exact) mass is 409 g/mol. The standard InChI is InChI=1S/C16H19ClF3N3O2S/c1-9(13(24)23-15(25)22-11-5-3-2-4-6-11)26-14-12(17)7-10(8-21-14)16(18,19)20/h7-9,11H,2-6H2,1H3,(H2,22,23,24,25). The summed E-state index contributed by atoms with van der Waals surface area (Å²) in [7, 11) is 0. The number of hydrogen-bond acceptors (Lipinski definition) is 4. The molecule has 26 heavy (non-hydrogen) atoms. The fourth-order valence-corrected chi connectivity index (χ4v) is 3.66. The van der Waals surface area contributed by atoms with Gasteiger partial charge in [-0.1, -0.05) is 42.6 Å². The molecule has 144 valence electrons. The Kier molecular flexibility index (Phi) is 7.16. The van der Waals surface area contributed by atoms with Gasteiger partial charge in [0.05, 0.1) is 15.8 Å². The summed E-state index contributed by atoms with van der Waals surface area (Å²) < 4.78 is 37.8. The minimum absolute atomic E-state index is 0.0607. The highest BCUT2D eigenvalue weighted by Gasteiger charge is 2.32. The number of thioether (sulfide) groups is 1. The largest absolute Gasteiger partial charge is 0.417 e. The van der Waals surface area contributed by atoms with Gasteiger partial charge in [-0.2, -0.15) is 13.2 Å². The van der Waals surface area contributed by atoms with Crippen LogP contribution in [0.4, 0.5) is 18.0 Å². The molecule has 0 saturated heterocycles. The average Bonchev–Trinajstić information content (AvgIpc) is 2.56. The summed E-state index contributed by atoms with van der Waals surface area (Å²) in [5, 5.41) is 4.14. The molecule has 1 atom stereocenters. The average molecular weight is 410 g/mol. The third kappa shape index (κ3) is 6.05. The summed E-state index contributed by atoms with van der Waals surface area (Å²) in [6, 6.07) is 0.253. The van der Waals surface area contributed by atoms with E-state index in [1.165, 1.54) is 6.92 Å². The van der Waals surface area contributed by atoms with Crippen molar-refractivity contribution < 1.29 is 22.8 Å². The zero-order valence-corrected chi connectivity index (χ0v) is 15.6. The zero-order valence-electron chi connectivity index (χ0n) is 14.0. The number of aromatic nitrogens is 1. The van der Waals surface area contributed by atoms with Crippen LogP contribution in [-0.4, -0.2) is 28.2 Å². The maximum Gasteiger partial charge on any atom is 0.417 e. The van der Waals surface area contributed by atoms with Crippen molar-refractivity contribution in [2.75, 3.05) is 0 Å². The van der Waals surface area contributed by atoms with Crippen molar-refractivity contribution in [2.24, 2.45) is 0 Å². The predicted molar refractivity (Wildman–Crippen MR) is 93.1 cm³/mol. The fourth-order valence-electron chi connectivity index (χ4n) is 2.57. The Morgan fingerprint density at radius 3 is 2.54 bits per heavy atom. The topological polar surface area (TPSA) is 71.1 Å². The molecule has 0 radical (unpaired) electrons. The van der Waals surface area contributed by atoms with Gasteiger partial charge < -0.3 is 5.32 Å². The van der Waals surface area contributed by atoms with Crippen LogP contribution in [0.25, 0.3) is 0 Å². The third-order valence-corrected chi connectivity index (χ3v) is 5.49. The molecule has 0 aliphatic heterocycles. The lowest BCUT2D eigenvalue weighted by Crippen LogP contribution is -2.47. The predicted octanol–water partition coefficient (Wildman–Crippen LogP) is 4.39. The van der Waals surface area contributed by atoms with Gasteiger partial charge >= 0.3 is 12.2 Å². The number of pyridine rings is 1. The molecule has 1 aromatic rings. The van der Waals surface area contributed by atoms with Gasteiger partial charge in [0.25, 0.3) is 0 Å². The summed E-state index contributed by atoms with van der Waals surface area (Å²) >= 11 is 6.71. The van der Waals surface area contributed by atoms with Gasteiger partial charge in [-0.3, -0.25) is 10.1 Å². The van der Waals surface area contributed by atoms with E-state index in [2.05, 4.69) is 15.6 Å². The van der Waals surface area contributed by atoms with Gasteiger partial charge in [-0.05, 0) is 25.8 Å². The highest BCUT2D eigenvalue weighted by Crippen LogP contribution is 2.34. The van der Waals surface area contributed by atoms with Crippen molar-refractivity contribution in [3.05, 3.63) is 22.8 Å². The SMILES string of the molecule is CC(Sc1ncc(C(F)(F)F)cc1Cl)C(=O)NC(=O)NC1CCCCC1. The van der Waals surface area contributed by atoms with Crippen LogP contribution in [0.2, 0.25) is 5.02 Å². The van der Waals surface area contributed by atoms with Crippen molar-refractivity contribution in [1.82, 2.24) is 15.6 Å². The molecule has 5 nitrogen and oxygen atoms in total. The fraction of sp³-hybridized carbons (Fsp3) is 0.562. The van der Waals surface area contributed by atoms with E-state index < -0.39 is 28.9 Å². The van der Waals surface area contributed by atoms with E-state index >= 15 is 0 Å². The molecule has 1 aliphatic rings. The van der Waals surface area contributed by atoms with Crippen molar-refractivity contribution >= 4 is 35.3 Å². The molecular weight excluding hydrogens is 391 g/mol. The highest BCUT2D eigenvalue weighted by molar-refractivity contribution is 8.00. The minimum Gasteiger partial charge on any atom is -0.335 e. The Bertz CT molecular complexity index is 667. The minimum atomic E-state index is -4.54. The second-order valence-electron chi connectivity index (χ2n) is 6.07. The van der Waals surface area contributed by atoms with E-state index in [1.807, 2.05) is 0 Å². The number of rotatable bonds is 4. The molecule has 0 aromatic carbocycles. The molecule has 1 aromatic heterocycles. The van der Waals surface area contributed by atoms with Crippen LogP contribution in [0.5, 0.6) is 0 Å². The van der Waals surface area contributed by atoms with Crippen molar-refractivity contribution in [3.8, 4) is 0 Å². The number of urea groups is 1. The van der Waals surface area contributed by atoms with Crippen molar-refractivity contribution in [3.63, 3.8) is 0 Å². The van der Waals surface area contributed by atoms with E-state index in [0.29, 0.717) is 6.20 Å². The lowest BCUT2D eigenvalue weighted by molar-refractivity contribution is -0.137. The van der Waals surface area contributed by atoms with Crippen LogP contribution in [-0.2, 0) is 11.0 Å². The highest BCUT2D eigenvalue weighted by atomic mass is 35.5. The summed E-state index contributed by atoms with van der Waals surface area (Å²) in [6.45, 7) is 1.52. The van der Waals surface area contributed by atoms with Gasteiger partial charge in [-0.25, -0.2) is 9.78 Å². The molecule has 10 heteroatoms. The third-order valence-electron chi connectivity index (χ3n) is 3.97. The molecule has 2 rings (SSSR count). The van der Waals surface area contributed by atoms with Crippen LogP contribution >= 0.6 is 23.4 Å². The van der Waals surface area contributed by atoms with Gasteiger partial charge in [0.1, 0.15) is 5.03 Å². The molecule has 1 fully saturated rings. The summed E-state index contributed by atoms with van der Waals surface area (Å²) in [6.07, 6.45) is 1.13. The van der Waals surface area contributed by atoms with Crippen LogP contribution in [0.1, 0.15) is 44.6 Å². The number of carbonyl (C=O) groups is 2. The van der Waals surface area contributed by atoms with Crippen LogP contribution in [0.3, 0.4) is 0 Å². The van der Waals surface area contributed by atoms with Gasteiger partial charge in [0, 0.05) is 12.2 Å². The second kappa shape index (κ2) is 8.94. The Labute approximate surface area is 158 Å². The lowest BCUT2D eigenvalue weighted by Gasteiger charge is -2.23. The number of nitrogens with one attached hydrogen (secondary N) is 2. The first kappa shape index (κ1) is 20.8. The smallest absolute Gasteiger partial charge is 0.335 e. The Morgan fingerprint density at radius 2 is 1.96 bits per heavy atom. The van der Waals surface area contributed by atoms with Crippen LogP contribution < -0.4 is 10.6 Å². The van der Waals surface area contributed by atoms with Crippen LogP contribution in [0.15, 0.2) is 17.3 Å². The number of amides is 3. The van der Waals surface area contributed by atoms with E-state index in [9.17, 15) is 22.8 Å². The molecule has 1 unspecified atom stereocenters. The maximum absolute atomic E-state index is 12.6. The molecule has 1 saturated carbocycles. The molecule has 0 bridgehead atoms. The first-order valence-electron chi connectivity index (χ1n) is 8.17. The first-order valence-corrected chi connectivity index (χ1v) is 9.43. The molecule has 3 amide bonds. The van der Waals surface area contributed by atoms with E-state index in [-0.39, 0.29) is 16.1 Å². The molecular formula is C16H19ClF3N3O2S. The van der Waals surface area contributed by atoms with Crippen molar-refractivity contribution in [1.29, 1.82) is 0 Å². The molecule has 0 spiro atoms. The normalized spacial score (nSPS) is 16.8. The van der Waals surface area contributed by atoms with E-state index in [1.54, 1.807) is 0 Å². The summed E-state index contributed by atoms with van der Waals surface area (Å²) in [4.78, 5) is 27.6. The number of halogens is 4. The Balaban J connectivity index is 1.89. The number of nitrogens with zero attached hydrogens (tertiary/aromatic N) is 1. The number of carbonyl (C=O) groups excluding carboxylic acids is 2. The lowest BCUT2D eigenvalue weighted by atomic mass is 9.96.